The number of amides is 1. The number of sulfonamides is 1. The van der Waals surface area contributed by atoms with Gasteiger partial charge in [-0.05, 0) is 32.0 Å². The summed E-state index contributed by atoms with van der Waals surface area (Å²) in [5.41, 5.74) is 0.122. The summed E-state index contributed by atoms with van der Waals surface area (Å²) in [6.07, 6.45) is 1.90. The molecule has 0 bridgehead atoms. The van der Waals surface area contributed by atoms with E-state index in [4.69, 9.17) is 0 Å². The van der Waals surface area contributed by atoms with Crippen molar-refractivity contribution in [3.05, 3.63) is 28.3 Å². The minimum atomic E-state index is -3.75. The van der Waals surface area contributed by atoms with Gasteiger partial charge in [0.15, 0.2) is 0 Å². The van der Waals surface area contributed by atoms with Crippen molar-refractivity contribution in [1.82, 2.24) is 9.62 Å². The molecule has 0 spiro atoms. The van der Waals surface area contributed by atoms with Crippen molar-refractivity contribution in [2.45, 2.75) is 17.7 Å². The van der Waals surface area contributed by atoms with Crippen LogP contribution >= 0.6 is 0 Å². The van der Waals surface area contributed by atoms with Crippen molar-refractivity contribution >= 4 is 27.3 Å². The van der Waals surface area contributed by atoms with Gasteiger partial charge in [-0.1, -0.05) is 0 Å². The molecule has 136 valence electrons. The first-order valence-corrected chi connectivity index (χ1v) is 9.57. The Morgan fingerprint density at radius 1 is 1.24 bits per heavy atom. The van der Waals surface area contributed by atoms with Crippen molar-refractivity contribution in [2.75, 3.05) is 38.1 Å². The summed E-state index contributed by atoms with van der Waals surface area (Å²) in [7, 11) is -2.50. The molecule has 0 unspecified atom stereocenters. The number of nitrogens with one attached hydrogen (secondary N) is 1. The lowest BCUT2D eigenvalue weighted by atomic mass is 10.2. The maximum Gasteiger partial charge on any atom is 0.293 e. The van der Waals surface area contributed by atoms with Crippen LogP contribution in [0.4, 0.5) is 11.4 Å². The number of hydrogen-bond donors (Lipinski definition) is 1. The fraction of sp³-hybridized carbons (Fsp3) is 0.533. The third-order valence-corrected chi connectivity index (χ3v) is 5.99. The van der Waals surface area contributed by atoms with Gasteiger partial charge in [0.2, 0.25) is 15.9 Å². The van der Waals surface area contributed by atoms with Crippen LogP contribution in [0.25, 0.3) is 0 Å². The fourth-order valence-corrected chi connectivity index (χ4v) is 3.71. The molecule has 1 saturated heterocycles. The average molecular weight is 368 g/mol. The highest BCUT2D eigenvalue weighted by molar-refractivity contribution is 7.89. The first-order chi connectivity index (χ1) is 11.8. The molecule has 25 heavy (non-hydrogen) atoms. The highest BCUT2D eigenvalue weighted by Gasteiger charge is 2.35. The molecule has 10 heteroatoms. The van der Waals surface area contributed by atoms with Gasteiger partial charge in [0.1, 0.15) is 5.69 Å². The quantitative estimate of drug-likeness (QED) is 0.600. The summed E-state index contributed by atoms with van der Waals surface area (Å²) in [6, 6.07) is 3.89. The number of anilines is 1. The Hall–Kier alpha value is -2.20. The van der Waals surface area contributed by atoms with Gasteiger partial charge >= 0.3 is 0 Å². The van der Waals surface area contributed by atoms with Crippen molar-refractivity contribution < 1.29 is 18.1 Å². The van der Waals surface area contributed by atoms with E-state index in [2.05, 4.69) is 4.72 Å². The highest BCUT2D eigenvalue weighted by atomic mass is 32.2. The van der Waals surface area contributed by atoms with E-state index in [-0.39, 0.29) is 22.4 Å². The second kappa shape index (κ2) is 6.60. The zero-order chi connectivity index (χ0) is 18.2. The second-order valence-electron chi connectivity index (χ2n) is 6.20. The number of carbonyl (C=O) groups is 1. The average Bonchev–Trinajstić information content (AvgIpc) is 3.45. The molecule has 1 aromatic rings. The molecule has 2 fully saturated rings. The van der Waals surface area contributed by atoms with Gasteiger partial charge in [0.25, 0.3) is 5.69 Å². The largest absolute Gasteiger partial charge is 0.362 e. The summed E-state index contributed by atoms with van der Waals surface area (Å²) >= 11 is 0. The number of rotatable bonds is 5. The number of nitro benzene ring substituents is 1. The molecule has 1 aliphatic carbocycles. The predicted molar refractivity (Wildman–Crippen MR) is 90.9 cm³/mol. The van der Waals surface area contributed by atoms with Gasteiger partial charge in [-0.2, -0.15) is 0 Å². The topological polar surface area (TPSA) is 113 Å². The van der Waals surface area contributed by atoms with Gasteiger partial charge in [0, 0.05) is 38.2 Å². The fourth-order valence-electron chi connectivity index (χ4n) is 2.96. The number of hydrogen-bond acceptors (Lipinski definition) is 6. The van der Waals surface area contributed by atoms with Crippen LogP contribution < -0.4 is 9.62 Å². The predicted octanol–water partition coefficient (Wildman–Crippen LogP) is 0.561. The molecular weight excluding hydrogens is 348 g/mol. The Morgan fingerprint density at radius 3 is 2.40 bits per heavy atom. The van der Waals surface area contributed by atoms with E-state index in [1.54, 1.807) is 4.90 Å². The lowest BCUT2D eigenvalue weighted by molar-refractivity contribution is -0.384. The Kier molecular flexibility index (Phi) is 4.65. The third kappa shape index (κ3) is 3.59. The Labute approximate surface area is 145 Å². The van der Waals surface area contributed by atoms with E-state index in [0.717, 1.165) is 18.9 Å². The lowest BCUT2D eigenvalue weighted by Crippen LogP contribution is -2.49. The maximum atomic E-state index is 12.1. The van der Waals surface area contributed by atoms with Crippen molar-refractivity contribution in [2.24, 2.45) is 5.92 Å². The van der Waals surface area contributed by atoms with Crippen LogP contribution in [0, 0.1) is 16.0 Å². The van der Waals surface area contributed by atoms with Crippen LogP contribution in [0.5, 0.6) is 0 Å². The van der Waals surface area contributed by atoms with Crippen molar-refractivity contribution in [3.8, 4) is 0 Å². The van der Waals surface area contributed by atoms with Gasteiger partial charge in [-0.15, -0.1) is 0 Å². The maximum absolute atomic E-state index is 12.1. The van der Waals surface area contributed by atoms with E-state index in [9.17, 15) is 23.3 Å². The molecule has 1 heterocycles. The van der Waals surface area contributed by atoms with Crippen molar-refractivity contribution in [1.29, 1.82) is 0 Å². The summed E-state index contributed by atoms with van der Waals surface area (Å²) in [5.74, 6) is 0.330. The Morgan fingerprint density at radius 2 is 1.88 bits per heavy atom. The van der Waals surface area contributed by atoms with E-state index in [0.29, 0.717) is 31.9 Å². The van der Waals surface area contributed by atoms with Gasteiger partial charge in [-0.3, -0.25) is 14.9 Å². The minimum absolute atomic E-state index is 0.145. The zero-order valence-corrected chi connectivity index (χ0v) is 14.7. The standard InChI is InChI=1S/C15H20N4O5S/c1-16-25(23,24)12-4-5-13(14(10-12)19(21)22)17-6-8-18(9-7-17)15(20)11-2-3-11/h4-5,10-11,16H,2-3,6-9H2,1H3. The van der Waals surface area contributed by atoms with Crippen molar-refractivity contribution in [3.63, 3.8) is 0 Å². The zero-order valence-electron chi connectivity index (χ0n) is 13.8. The smallest absolute Gasteiger partial charge is 0.293 e. The number of benzene rings is 1. The summed E-state index contributed by atoms with van der Waals surface area (Å²) in [5, 5.41) is 11.4. The number of piperazine rings is 1. The van der Waals surface area contributed by atoms with Crippen LogP contribution in [0.1, 0.15) is 12.8 Å². The first-order valence-electron chi connectivity index (χ1n) is 8.09. The summed E-state index contributed by atoms with van der Waals surface area (Å²) in [6.45, 7) is 2.00. The molecule has 2 aliphatic rings. The monoisotopic (exact) mass is 368 g/mol. The minimum Gasteiger partial charge on any atom is -0.362 e. The third-order valence-electron chi connectivity index (χ3n) is 4.58. The summed E-state index contributed by atoms with van der Waals surface area (Å²) in [4.78, 5) is 26.4. The SMILES string of the molecule is CNS(=O)(=O)c1ccc(N2CCN(C(=O)C3CC3)CC2)c([N+](=O)[O-])c1. The van der Waals surface area contributed by atoms with Crippen LogP contribution in [0.2, 0.25) is 0 Å². The van der Waals surface area contributed by atoms with E-state index >= 15 is 0 Å². The normalized spacial score (nSPS) is 18.3. The molecule has 1 aliphatic heterocycles. The van der Waals surface area contributed by atoms with Gasteiger partial charge in [-0.25, -0.2) is 13.1 Å². The molecule has 0 radical (unpaired) electrons. The van der Waals surface area contributed by atoms with E-state index in [1.807, 2.05) is 4.90 Å². The van der Waals surface area contributed by atoms with Gasteiger partial charge in [0.05, 0.1) is 9.82 Å². The molecule has 0 atom stereocenters. The number of nitrogens with zero attached hydrogens (tertiary/aromatic N) is 3. The molecule has 1 N–H and O–H groups in total. The van der Waals surface area contributed by atoms with Gasteiger partial charge < -0.3 is 9.80 Å². The molecule has 0 aromatic heterocycles. The Balaban J connectivity index is 1.80. The molecular formula is C15H20N4O5S. The highest BCUT2D eigenvalue weighted by Crippen LogP contribution is 2.33. The van der Waals surface area contributed by atoms with Crippen LogP contribution in [-0.4, -0.2) is 57.4 Å². The molecule has 1 aromatic carbocycles. The van der Waals surface area contributed by atoms with Crippen LogP contribution in [-0.2, 0) is 14.8 Å². The molecule has 9 nitrogen and oxygen atoms in total. The second-order valence-corrected chi connectivity index (χ2v) is 8.09. The van der Waals surface area contributed by atoms with Crippen LogP contribution in [0.3, 0.4) is 0 Å². The summed E-state index contributed by atoms with van der Waals surface area (Å²) < 4.78 is 25.9. The van der Waals surface area contributed by atoms with Crippen LogP contribution in [0.15, 0.2) is 23.1 Å². The molecule has 1 amide bonds. The number of nitro groups is 1. The molecule has 3 rings (SSSR count). The lowest BCUT2D eigenvalue weighted by Gasteiger charge is -2.36. The molecule has 1 saturated carbocycles. The van der Waals surface area contributed by atoms with E-state index in [1.165, 1.54) is 19.2 Å². The number of carbonyl (C=O) groups excluding carboxylic acids is 1. The Bertz CT molecular complexity index is 798. The first kappa shape index (κ1) is 17.6. The van der Waals surface area contributed by atoms with E-state index < -0.39 is 14.9 Å².